The van der Waals surface area contributed by atoms with E-state index in [1.807, 2.05) is 30.3 Å². The van der Waals surface area contributed by atoms with Crippen molar-refractivity contribution < 1.29 is 14.3 Å². The summed E-state index contributed by atoms with van der Waals surface area (Å²) >= 11 is 0. The Kier molecular flexibility index (Phi) is 3.39. The van der Waals surface area contributed by atoms with Gasteiger partial charge in [0.25, 0.3) is 0 Å². The van der Waals surface area contributed by atoms with E-state index < -0.39 is 6.29 Å². The van der Waals surface area contributed by atoms with E-state index in [1.54, 1.807) is 16.9 Å². The Bertz CT molecular complexity index is 559. The summed E-state index contributed by atoms with van der Waals surface area (Å²) in [6, 6.07) is 11.3. The molecule has 1 saturated heterocycles. The number of carbonyl (C=O) groups is 1. The Morgan fingerprint density at radius 1 is 1.21 bits per heavy atom. The van der Waals surface area contributed by atoms with Crippen LogP contribution in [0.5, 0.6) is 0 Å². The number of ketones is 1. The van der Waals surface area contributed by atoms with Crippen LogP contribution in [-0.4, -0.2) is 35.1 Å². The molecule has 0 saturated carbocycles. The van der Waals surface area contributed by atoms with Crippen LogP contribution in [0.4, 0.5) is 0 Å². The molecule has 0 N–H and O–H groups in total. The lowest BCUT2D eigenvalue weighted by Gasteiger charge is -2.09. The van der Waals surface area contributed by atoms with E-state index >= 15 is 0 Å². The van der Waals surface area contributed by atoms with Gasteiger partial charge in [-0.1, -0.05) is 18.2 Å². The number of rotatable bonds is 4. The van der Waals surface area contributed by atoms with Crippen LogP contribution in [0, 0.1) is 0 Å². The molecule has 3 rings (SSSR count). The van der Waals surface area contributed by atoms with Crippen LogP contribution in [0.25, 0.3) is 5.69 Å². The van der Waals surface area contributed by atoms with Crippen molar-refractivity contribution in [3.8, 4) is 5.69 Å². The molecule has 0 aliphatic carbocycles. The second-order valence-corrected chi connectivity index (χ2v) is 4.26. The molecule has 5 heteroatoms. The van der Waals surface area contributed by atoms with Crippen LogP contribution in [0.3, 0.4) is 0 Å². The van der Waals surface area contributed by atoms with Crippen LogP contribution >= 0.6 is 0 Å². The summed E-state index contributed by atoms with van der Waals surface area (Å²) in [6.45, 7) is 1.10. The van der Waals surface area contributed by atoms with Gasteiger partial charge in [-0.15, -0.1) is 0 Å². The lowest BCUT2D eigenvalue weighted by Crippen LogP contribution is -2.17. The average Bonchev–Trinajstić information content (AvgIpc) is 3.10. The summed E-state index contributed by atoms with van der Waals surface area (Å²) in [4.78, 5) is 12.2. The van der Waals surface area contributed by atoms with Gasteiger partial charge in [0, 0.05) is 0 Å². The number of ether oxygens (including phenoxy) is 2. The first-order valence-corrected chi connectivity index (χ1v) is 6.20. The smallest absolute Gasteiger partial charge is 0.186 e. The molecule has 0 spiro atoms. The lowest BCUT2D eigenvalue weighted by molar-refractivity contribution is -0.0408. The summed E-state index contributed by atoms with van der Waals surface area (Å²) in [7, 11) is 0. The summed E-state index contributed by atoms with van der Waals surface area (Å²) in [6.07, 6.45) is 1.42. The SMILES string of the molecule is O=C(CC1OCCO1)c1ccnn1-c1ccccc1. The molecule has 0 unspecified atom stereocenters. The molecule has 19 heavy (non-hydrogen) atoms. The second-order valence-electron chi connectivity index (χ2n) is 4.26. The van der Waals surface area contributed by atoms with Crippen molar-refractivity contribution in [3.63, 3.8) is 0 Å². The number of carbonyl (C=O) groups excluding carboxylic acids is 1. The molecule has 98 valence electrons. The summed E-state index contributed by atoms with van der Waals surface area (Å²) in [5.74, 6) is -0.0340. The molecule has 0 amide bonds. The third kappa shape index (κ3) is 2.57. The standard InChI is InChI=1S/C14H14N2O3/c17-13(10-14-18-8-9-19-14)12-6-7-15-16(12)11-4-2-1-3-5-11/h1-7,14H,8-10H2. The van der Waals surface area contributed by atoms with E-state index in [1.165, 1.54) is 0 Å². The van der Waals surface area contributed by atoms with Gasteiger partial charge in [-0.2, -0.15) is 5.10 Å². The van der Waals surface area contributed by atoms with Gasteiger partial charge in [-0.05, 0) is 18.2 Å². The van der Waals surface area contributed by atoms with Gasteiger partial charge in [0.05, 0.1) is 31.5 Å². The van der Waals surface area contributed by atoms with E-state index in [-0.39, 0.29) is 12.2 Å². The minimum Gasteiger partial charge on any atom is -0.350 e. The molecule has 1 aliphatic heterocycles. The van der Waals surface area contributed by atoms with E-state index in [0.717, 1.165) is 5.69 Å². The summed E-state index contributed by atoms with van der Waals surface area (Å²) in [5.41, 5.74) is 1.41. The molecule has 0 atom stereocenters. The van der Waals surface area contributed by atoms with Crippen LogP contribution in [0.2, 0.25) is 0 Å². The number of aromatic nitrogens is 2. The fourth-order valence-electron chi connectivity index (χ4n) is 2.07. The predicted molar refractivity (Wildman–Crippen MR) is 68.2 cm³/mol. The molecule has 2 aromatic rings. The van der Waals surface area contributed by atoms with Gasteiger partial charge >= 0.3 is 0 Å². The first-order chi connectivity index (χ1) is 9.34. The highest BCUT2D eigenvalue weighted by Crippen LogP contribution is 2.15. The second kappa shape index (κ2) is 5.34. The quantitative estimate of drug-likeness (QED) is 0.785. The topological polar surface area (TPSA) is 53.4 Å². The highest BCUT2D eigenvalue weighted by Gasteiger charge is 2.22. The maximum atomic E-state index is 12.2. The van der Waals surface area contributed by atoms with Crippen molar-refractivity contribution in [3.05, 3.63) is 48.3 Å². The monoisotopic (exact) mass is 258 g/mol. The maximum Gasteiger partial charge on any atom is 0.186 e. The highest BCUT2D eigenvalue weighted by molar-refractivity contribution is 5.95. The first kappa shape index (κ1) is 12.1. The van der Waals surface area contributed by atoms with Crippen molar-refractivity contribution in [1.82, 2.24) is 9.78 Å². The van der Waals surface area contributed by atoms with Gasteiger partial charge in [0.2, 0.25) is 0 Å². The van der Waals surface area contributed by atoms with Gasteiger partial charge in [-0.3, -0.25) is 4.79 Å². The molecule has 1 aromatic carbocycles. The third-order valence-electron chi connectivity index (χ3n) is 2.97. The van der Waals surface area contributed by atoms with Crippen molar-refractivity contribution in [2.75, 3.05) is 13.2 Å². The van der Waals surface area contributed by atoms with Crippen molar-refractivity contribution >= 4 is 5.78 Å². The van der Waals surface area contributed by atoms with Crippen molar-refractivity contribution in [2.24, 2.45) is 0 Å². The zero-order chi connectivity index (χ0) is 13.1. The van der Waals surface area contributed by atoms with Crippen LogP contribution in [0.15, 0.2) is 42.6 Å². The van der Waals surface area contributed by atoms with Gasteiger partial charge in [0.1, 0.15) is 5.69 Å². The van der Waals surface area contributed by atoms with Crippen LogP contribution < -0.4 is 0 Å². The Morgan fingerprint density at radius 3 is 2.68 bits per heavy atom. The van der Waals surface area contributed by atoms with E-state index in [2.05, 4.69) is 5.10 Å². The summed E-state index contributed by atoms with van der Waals surface area (Å²) < 4.78 is 12.2. The third-order valence-corrected chi connectivity index (χ3v) is 2.97. The number of para-hydroxylation sites is 1. The lowest BCUT2D eigenvalue weighted by atomic mass is 10.2. The molecule has 5 nitrogen and oxygen atoms in total. The van der Waals surface area contributed by atoms with Crippen LogP contribution in [0.1, 0.15) is 16.9 Å². The molecule has 1 aromatic heterocycles. The first-order valence-electron chi connectivity index (χ1n) is 6.20. The van der Waals surface area contributed by atoms with E-state index in [4.69, 9.17) is 9.47 Å². The van der Waals surface area contributed by atoms with Crippen molar-refractivity contribution in [1.29, 1.82) is 0 Å². The van der Waals surface area contributed by atoms with Crippen molar-refractivity contribution in [2.45, 2.75) is 12.7 Å². The normalized spacial score (nSPS) is 15.8. The van der Waals surface area contributed by atoms with Gasteiger partial charge in [0.15, 0.2) is 12.1 Å². The Balaban J connectivity index is 1.81. The van der Waals surface area contributed by atoms with Gasteiger partial charge < -0.3 is 9.47 Å². The molecular formula is C14H14N2O3. The molecule has 1 fully saturated rings. The Labute approximate surface area is 110 Å². The highest BCUT2D eigenvalue weighted by atomic mass is 16.7. The molecular weight excluding hydrogens is 244 g/mol. The average molecular weight is 258 g/mol. The fourth-order valence-corrected chi connectivity index (χ4v) is 2.07. The fraction of sp³-hybridized carbons (Fsp3) is 0.286. The molecule has 0 bridgehead atoms. The largest absolute Gasteiger partial charge is 0.350 e. The Hall–Kier alpha value is -1.98. The Morgan fingerprint density at radius 2 is 1.95 bits per heavy atom. The molecule has 0 radical (unpaired) electrons. The number of hydrogen-bond acceptors (Lipinski definition) is 4. The van der Waals surface area contributed by atoms with E-state index in [0.29, 0.717) is 18.9 Å². The summed E-state index contributed by atoms with van der Waals surface area (Å²) in [5, 5.41) is 4.20. The number of hydrogen-bond donors (Lipinski definition) is 0. The minimum absolute atomic E-state index is 0.0340. The maximum absolute atomic E-state index is 12.2. The molecule has 1 aliphatic rings. The number of nitrogens with zero attached hydrogens (tertiary/aromatic N) is 2. The van der Waals surface area contributed by atoms with Crippen LogP contribution in [-0.2, 0) is 9.47 Å². The zero-order valence-corrected chi connectivity index (χ0v) is 10.4. The zero-order valence-electron chi connectivity index (χ0n) is 10.4. The number of Topliss-reactive ketones (excluding diaryl/α,β-unsaturated/α-hetero) is 1. The minimum atomic E-state index is -0.424. The molecule has 2 heterocycles. The van der Waals surface area contributed by atoms with E-state index in [9.17, 15) is 4.79 Å². The van der Waals surface area contributed by atoms with Gasteiger partial charge in [-0.25, -0.2) is 4.68 Å². The predicted octanol–water partition coefficient (Wildman–Crippen LogP) is 1.82. The number of benzene rings is 1.